The van der Waals surface area contributed by atoms with Crippen LogP contribution in [-0.4, -0.2) is 42.1 Å². The average molecular weight is 335 g/mol. The van der Waals surface area contributed by atoms with E-state index in [0.29, 0.717) is 12.0 Å². The highest BCUT2D eigenvalue weighted by Gasteiger charge is 2.25. The number of nitrogens with zero attached hydrogens (tertiary/aromatic N) is 3. The molecule has 0 radical (unpaired) electrons. The third-order valence-corrected chi connectivity index (χ3v) is 4.97. The van der Waals surface area contributed by atoms with Gasteiger partial charge in [-0.2, -0.15) is 0 Å². The Balaban J connectivity index is 2.36. The Kier molecular flexibility index (Phi) is 4.89. The Morgan fingerprint density at radius 2 is 1.96 bits per heavy atom. The number of sulfone groups is 1. The summed E-state index contributed by atoms with van der Waals surface area (Å²) in [7, 11) is 0.238. The molecule has 0 unspecified atom stereocenters. The SMILES string of the molecule is CC[C@H](c1cc(S(C)(=O)=O)cn1C)N(C)C(=O)c1ccncc1. The van der Waals surface area contributed by atoms with E-state index in [9.17, 15) is 13.2 Å². The van der Waals surface area contributed by atoms with Crippen LogP contribution in [0.4, 0.5) is 0 Å². The highest BCUT2D eigenvalue weighted by Crippen LogP contribution is 2.27. The van der Waals surface area contributed by atoms with Crippen molar-refractivity contribution >= 4 is 15.7 Å². The number of aromatic nitrogens is 2. The number of hydrogen-bond donors (Lipinski definition) is 0. The fourth-order valence-corrected chi connectivity index (χ4v) is 3.29. The first-order valence-corrected chi connectivity index (χ1v) is 9.18. The Hall–Kier alpha value is -2.15. The van der Waals surface area contributed by atoms with E-state index in [4.69, 9.17) is 0 Å². The molecule has 2 aromatic rings. The zero-order valence-corrected chi connectivity index (χ0v) is 14.5. The van der Waals surface area contributed by atoms with Gasteiger partial charge < -0.3 is 9.47 Å². The number of amides is 1. The van der Waals surface area contributed by atoms with Crippen LogP contribution >= 0.6 is 0 Å². The van der Waals surface area contributed by atoms with Crippen LogP contribution in [0.15, 0.2) is 41.7 Å². The predicted molar refractivity (Wildman–Crippen MR) is 87.9 cm³/mol. The van der Waals surface area contributed by atoms with Crippen LogP contribution in [-0.2, 0) is 16.9 Å². The predicted octanol–water partition coefficient (Wildman–Crippen LogP) is 2.05. The molecular formula is C16H21N3O3S. The summed E-state index contributed by atoms with van der Waals surface area (Å²) in [5.41, 5.74) is 1.34. The summed E-state index contributed by atoms with van der Waals surface area (Å²) in [6, 6.07) is 4.76. The topological polar surface area (TPSA) is 72.3 Å². The fourth-order valence-electron chi connectivity index (χ4n) is 2.61. The summed E-state index contributed by atoms with van der Waals surface area (Å²) in [5, 5.41) is 0. The van der Waals surface area contributed by atoms with E-state index < -0.39 is 9.84 Å². The standard InChI is InChI=1S/C16H21N3O3S/c1-5-14(15-10-13(11-18(15)2)23(4,21)22)19(3)16(20)12-6-8-17-9-7-12/h6-11,14H,5H2,1-4H3/t14-/m1/s1. The third-order valence-electron chi connectivity index (χ3n) is 3.89. The lowest BCUT2D eigenvalue weighted by Crippen LogP contribution is -2.32. The maximum absolute atomic E-state index is 12.6. The van der Waals surface area contributed by atoms with Gasteiger partial charge in [-0.25, -0.2) is 8.42 Å². The Bertz CT molecular complexity index is 797. The van der Waals surface area contributed by atoms with Gasteiger partial charge >= 0.3 is 0 Å². The molecule has 1 amide bonds. The molecule has 23 heavy (non-hydrogen) atoms. The molecule has 0 aliphatic carbocycles. The lowest BCUT2D eigenvalue weighted by molar-refractivity contribution is 0.0720. The quantitative estimate of drug-likeness (QED) is 0.838. The maximum Gasteiger partial charge on any atom is 0.254 e. The second-order valence-corrected chi connectivity index (χ2v) is 7.58. The zero-order valence-electron chi connectivity index (χ0n) is 13.7. The molecule has 7 heteroatoms. The molecular weight excluding hydrogens is 314 g/mol. The summed E-state index contributed by atoms with van der Waals surface area (Å²) in [6.07, 6.45) is 6.59. The average Bonchev–Trinajstić information content (AvgIpc) is 2.90. The van der Waals surface area contributed by atoms with Crippen molar-refractivity contribution in [2.45, 2.75) is 24.3 Å². The van der Waals surface area contributed by atoms with Gasteiger partial charge in [0.15, 0.2) is 9.84 Å². The zero-order chi connectivity index (χ0) is 17.2. The van der Waals surface area contributed by atoms with Crippen molar-refractivity contribution in [3.63, 3.8) is 0 Å². The molecule has 0 N–H and O–H groups in total. The molecule has 2 rings (SSSR count). The highest BCUT2D eigenvalue weighted by molar-refractivity contribution is 7.90. The summed E-state index contributed by atoms with van der Waals surface area (Å²) in [4.78, 5) is 18.4. The van der Waals surface area contributed by atoms with Crippen LogP contribution in [0.1, 0.15) is 35.4 Å². The van der Waals surface area contributed by atoms with Crippen molar-refractivity contribution in [3.05, 3.63) is 48.0 Å². The van der Waals surface area contributed by atoms with Crippen LogP contribution in [0.5, 0.6) is 0 Å². The molecule has 2 heterocycles. The molecule has 0 bridgehead atoms. The van der Waals surface area contributed by atoms with E-state index >= 15 is 0 Å². The van der Waals surface area contributed by atoms with Gasteiger partial charge in [0.05, 0.1) is 10.9 Å². The normalized spacial score (nSPS) is 12.9. The van der Waals surface area contributed by atoms with E-state index in [1.54, 1.807) is 60.4 Å². The number of carbonyl (C=O) groups is 1. The summed E-state index contributed by atoms with van der Waals surface area (Å²) in [6.45, 7) is 1.97. The van der Waals surface area contributed by atoms with Crippen LogP contribution < -0.4 is 0 Å². The summed E-state index contributed by atoms with van der Waals surface area (Å²) < 4.78 is 25.2. The first-order valence-electron chi connectivity index (χ1n) is 7.29. The van der Waals surface area contributed by atoms with E-state index in [2.05, 4.69) is 4.98 Å². The molecule has 6 nitrogen and oxygen atoms in total. The highest BCUT2D eigenvalue weighted by atomic mass is 32.2. The number of aryl methyl sites for hydroxylation is 1. The number of pyridine rings is 1. The second kappa shape index (κ2) is 6.54. The van der Waals surface area contributed by atoms with Crippen molar-refractivity contribution in [1.29, 1.82) is 0 Å². The van der Waals surface area contributed by atoms with Crippen LogP contribution in [0.2, 0.25) is 0 Å². The first-order chi connectivity index (χ1) is 10.8. The van der Waals surface area contributed by atoms with Gasteiger partial charge in [-0.15, -0.1) is 0 Å². The molecule has 0 saturated heterocycles. The van der Waals surface area contributed by atoms with Crippen molar-refractivity contribution in [2.75, 3.05) is 13.3 Å². The fraction of sp³-hybridized carbons (Fsp3) is 0.375. The Morgan fingerprint density at radius 1 is 1.35 bits per heavy atom. The van der Waals surface area contributed by atoms with Gasteiger partial charge in [0.2, 0.25) is 0 Å². The van der Waals surface area contributed by atoms with Crippen LogP contribution in [0, 0.1) is 0 Å². The molecule has 0 aliphatic heterocycles. The van der Waals surface area contributed by atoms with Crippen molar-refractivity contribution in [2.24, 2.45) is 7.05 Å². The lowest BCUT2D eigenvalue weighted by atomic mass is 10.1. The van der Waals surface area contributed by atoms with Crippen molar-refractivity contribution in [1.82, 2.24) is 14.5 Å². The molecule has 1 atom stereocenters. The van der Waals surface area contributed by atoms with E-state index in [1.165, 1.54) is 6.26 Å². The van der Waals surface area contributed by atoms with Crippen molar-refractivity contribution < 1.29 is 13.2 Å². The van der Waals surface area contributed by atoms with E-state index in [0.717, 1.165) is 5.69 Å². The lowest BCUT2D eigenvalue weighted by Gasteiger charge is -2.28. The van der Waals surface area contributed by atoms with Crippen LogP contribution in [0.25, 0.3) is 0 Å². The summed E-state index contributed by atoms with van der Waals surface area (Å²) >= 11 is 0. The number of hydrogen-bond acceptors (Lipinski definition) is 4. The largest absolute Gasteiger partial charge is 0.351 e. The van der Waals surface area contributed by atoms with Gasteiger partial charge in [0, 0.05) is 50.2 Å². The molecule has 0 aromatic carbocycles. The molecule has 124 valence electrons. The Morgan fingerprint density at radius 3 is 2.43 bits per heavy atom. The smallest absolute Gasteiger partial charge is 0.254 e. The minimum Gasteiger partial charge on any atom is -0.351 e. The number of carbonyl (C=O) groups excluding carboxylic acids is 1. The molecule has 0 spiro atoms. The molecule has 0 saturated carbocycles. The van der Waals surface area contributed by atoms with Crippen LogP contribution in [0.3, 0.4) is 0 Å². The van der Waals surface area contributed by atoms with E-state index in [1.807, 2.05) is 6.92 Å². The van der Waals surface area contributed by atoms with Gasteiger partial charge in [-0.3, -0.25) is 9.78 Å². The third kappa shape index (κ3) is 3.61. The molecule has 0 fully saturated rings. The van der Waals surface area contributed by atoms with Gasteiger partial charge in [-0.1, -0.05) is 6.92 Å². The minimum absolute atomic E-state index is 0.124. The van der Waals surface area contributed by atoms with Crippen molar-refractivity contribution in [3.8, 4) is 0 Å². The molecule has 0 aliphatic rings. The monoisotopic (exact) mass is 335 g/mol. The van der Waals surface area contributed by atoms with Gasteiger partial charge in [0.25, 0.3) is 5.91 Å². The maximum atomic E-state index is 12.6. The number of rotatable bonds is 5. The molecule has 2 aromatic heterocycles. The van der Waals surface area contributed by atoms with Gasteiger partial charge in [-0.05, 0) is 24.6 Å². The second-order valence-electron chi connectivity index (χ2n) is 5.56. The summed E-state index contributed by atoms with van der Waals surface area (Å²) in [5.74, 6) is -0.124. The minimum atomic E-state index is -3.28. The Labute approximate surface area is 136 Å². The van der Waals surface area contributed by atoms with E-state index in [-0.39, 0.29) is 16.8 Å². The van der Waals surface area contributed by atoms with Gasteiger partial charge in [0.1, 0.15) is 0 Å². The first kappa shape index (κ1) is 17.2.